The highest BCUT2D eigenvalue weighted by molar-refractivity contribution is 7.09. The number of rotatable bonds is 7. The molecule has 0 radical (unpaired) electrons. The number of aromatic amines is 1. The monoisotopic (exact) mass is 325 g/mol. The van der Waals surface area contributed by atoms with Crippen molar-refractivity contribution in [3.05, 3.63) is 65.1 Å². The van der Waals surface area contributed by atoms with Crippen molar-refractivity contribution >= 4 is 28.3 Å². The summed E-state index contributed by atoms with van der Waals surface area (Å²) < 4.78 is 0. The maximum atomic E-state index is 12.5. The lowest BCUT2D eigenvalue weighted by Gasteiger charge is -2.20. The van der Waals surface area contributed by atoms with Crippen LogP contribution < -0.4 is 0 Å². The molecule has 3 aromatic rings. The minimum absolute atomic E-state index is 0.124. The highest BCUT2D eigenvalue weighted by Crippen LogP contribution is 2.15. The average Bonchev–Trinajstić information content (AvgIpc) is 3.21. The number of aromatic nitrogens is 2. The summed E-state index contributed by atoms with van der Waals surface area (Å²) >= 11 is 1.67. The van der Waals surface area contributed by atoms with Crippen LogP contribution >= 0.6 is 11.3 Å². The van der Waals surface area contributed by atoms with E-state index < -0.39 is 0 Å². The molecule has 23 heavy (non-hydrogen) atoms. The van der Waals surface area contributed by atoms with Crippen molar-refractivity contribution in [2.24, 2.45) is 0 Å². The van der Waals surface area contributed by atoms with Crippen molar-refractivity contribution in [2.75, 3.05) is 6.54 Å². The van der Waals surface area contributed by atoms with Gasteiger partial charge in [0.1, 0.15) is 5.82 Å². The molecule has 0 saturated heterocycles. The average molecular weight is 325 g/mol. The second kappa shape index (κ2) is 7.24. The van der Waals surface area contributed by atoms with E-state index in [1.165, 1.54) is 4.88 Å². The fourth-order valence-electron chi connectivity index (χ4n) is 2.51. The van der Waals surface area contributed by atoms with Crippen molar-refractivity contribution < 1.29 is 4.79 Å². The van der Waals surface area contributed by atoms with Crippen molar-refractivity contribution in [2.45, 2.75) is 19.4 Å². The quantitative estimate of drug-likeness (QED) is 0.672. The van der Waals surface area contributed by atoms with E-state index >= 15 is 0 Å². The fourth-order valence-corrected chi connectivity index (χ4v) is 3.23. The Morgan fingerprint density at radius 1 is 1.30 bits per heavy atom. The van der Waals surface area contributed by atoms with Crippen LogP contribution in [0.25, 0.3) is 11.0 Å². The van der Waals surface area contributed by atoms with Crippen LogP contribution in [0.3, 0.4) is 0 Å². The number of fused-ring (bicyclic) bond motifs is 1. The molecule has 4 nitrogen and oxygen atoms in total. The molecule has 3 rings (SSSR count). The fraction of sp³-hybridized carbons (Fsp3) is 0.222. The largest absolute Gasteiger partial charge is 0.342 e. The summed E-state index contributed by atoms with van der Waals surface area (Å²) in [6.45, 7) is 4.96. The van der Waals surface area contributed by atoms with Gasteiger partial charge in [-0.05, 0) is 23.6 Å². The van der Waals surface area contributed by atoms with Crippen molar-refractivity contribution in [1.82, 2.24) is 14.9 Å². The number of H-pyrrole nitrogens is 1. The number of para-hydroxylation sites is 2. The molecule has 2 aromatic heterocycles. The normalized spacial score (nSPS) is 10.8. The number of nitrogens with zero attached hydrogens (tertiary/aromatic N) is 2. The van der Waals surface area contributed by atoms with E-state index in [0.29, 0.717) is 25.9 Å². The third kappa shape index (κ3) is 3.87. The minimum atomic E-state index is 0.124. The van der Waals surface area contributed by atoms with Crippen LogP contribution in [-0.4, -0.2) is 27.3 Å². The molecule has 0 aliphatic carbocycles. The van der Waals surface area contributed by atoms with Gasteiger partial charge < -0.3 is 9.88 Å². The number of carbonyl (C=O) groups is 1. The Morgan fingerprint density at radius 3 is 2.91 bits per heavy atom. The van der Waals surface area contributed by atoms with Crippen molar-refractivity contribution in [1.29, 1.82) is 0 Å². The zero-order chi connectivity index (χ0) is 16.1. The SMILES string of the molecule is C=CCN(Cc1cccs1)C(=O)CCc1nc2ccccc2[nH]1. The lowest BCUT2D eigenvalue weighted by Crippen LogP contribution is -2.30. The van der Waals surface area contributed by atoms with Gasteiger partial charge in [0.2, 0.25) is 5.91 Å². The zero-order valence-electron chi connectivity index (χ0n) is 12.9. The number of aryl methyl sites for hydroxylation is 1. The molecular weight excluding hydrogens is 306 g/mol. The summed E-state index contributed by atoms with van der Waals surface area (Å²) in [4.78, 5) is 23.3. The zero-order valence-corrected chi connectivity index (χ0v) is 13.7. The second-order valence-electron chi connectivity index (χ2n) is 5.34. The van der Waals surface area contributed by atoms with Crippen LogP contribution in [0.4, 0.5) is 0 Å². The Hall–Kier alpha value is -2.40. The number of thiophene rings is 1. The predicted molar refractivity (Wildman–Crippen MR) is 94.3 cm³/mol. The number of nitrogens with one attached hydrogen (secondary N) is 1. The summed E-state index contributed by atoms with van der Waals surface area (Å²) in [5, 5.41) is 2.03. The molecule has 0 saturated carbocycles. The van der Waals surface area contributed by atoms with Crippen LogP contribution in [-0.2, 0) is 17.8 Å². The third-order valence-corrected chi connectivity index (χ3v) is 4.50. The number of hydrogen-bond donors (Lipinski definition) is 1. The van der Waals surface area contributed by atoms with Gasteiger partial charge >= 0.3 is 0 Å². The van der Waals surface area contributed by atoms with Crippen LogP contribution in [0.15, 0.2) is 54.4 Å². The van der Waals surface area contributed by atoms with Gasteiger partial charge in [0.15, 0.2) is 0 Å². The third-order valence-electron chi connectivity index (χ3n) is 3.64. The van der Waals surface area contributed by atoms with Crippen molar-refractivity contribution in [3.8, 4) is 0 Å². The Balaban J connectivity index is 1.62. The van der Waals surface area contributed by atoms with Crippen LogP contribution in [0, 0.1) is 0 Å². The molecule has 2 heterocycles. The molecule has 0 aliphatic rings. The number of benzene rings is 1. The molecule has 5 heteroatoms. The molecule has 118 valence electrons. The standard InChI is InChI=1S/C18H19N3OS/c1-2-11-21(13-14-6-5-12-23-14)18(22)10-9-17-19-15-7-3-4-8-16(15)20-17/h2-8,12H,1,9-11,13H2,(H,19,20). The van der Waals surface area contributed by atoms with Gasteiger partial charge in [-0.1, -0.05) is 24.3 Å². The molecule has 1 N–H and O–H groups in total. The minimum Gasteiger partial charge on any atom is -0.342 e. The van der Waals surface area contributed by atoms with Crippen LogP contribution in [0.1, 0.15) is 17.1 Å². The first-order valence-electron chi connectivity index (χ1n) is 7.61. The summed E-state index contributed by atoms with van der Waals surface area (Å²) in [6.07, 6.45) is 2.83. The first-order valence-corrected chi connectivity index (χ1v) is 8.49. The molecular formula is C18H19N3OS. The molecule has 0 spiro atoms. The first-order chi connectivity index (χ1) is 11.3. The molecule has 0 bridgehead atoms. The van der Waals surface area contributed by atoms with E-state index in [1.54, 1.807) is 17.4 Å². The predicted octanol–water partition coefficient (Wildman–Crippen LogP) is 3.77. The molecule has 1 aromatic carbocycles. The molecule has 1 amide bonds. The van der Waals surface area contributed by atoms with E-state index in [9.17, 15) is 4.79 Å². The van der Waals surface area contributed by atoms with E-state index in [4.69, 9.17) is 0 Å². The summed E-state index contributed by atoms with van der Waals surface area (Å²) in [5.41, 5.74) is 1.95. The van der Waals surface area contributed by atoms with Crippen LogP contribution in [0.2, 0.25) is 0 Å². The highest BCUT2D eigenvalue weighted by atomic mass is 32.1. The second-order valence-corrected chi connectivity index (χ2v) is 6.38. The van der Waals surface area contributed by atoms with Gasteiger partial charge in [0.25, 0.3) is 0 Å². The summed E-state index contributed by atoms with van der Waals surface area (Å²) in [7, 11) is 0. The van der Waals surface area contributed by atoms with Gasteiger partial charge in [-0.2, -0.15) is 0 Å². The number of hydrogen-bond acceptors (Lipinski definition) is 3. The Labute approximate surface area is 139 Å². The maximum Gasteiger partial charge on any atom is 0.223 e. The van der Waals surface area contributed by atoms with Gasteiger partial charge in [0.05, 0.1) is 17.6 Å². The van der Waals surface area contributed by atoms with E-state index in [1.807, 2.05) is 46.7 Å². The van der Waals surface area contributed by atoms with Gasteiger partial charge in [-0.25, -0.2) is 4.98 Å². The summed E-state index contributed by atoms with van der Waals surface area (Å²) in [6, 6.07) is 12.0. The lowest BCUT2D eigenvalue weighted by molar-refractivity contribution is -0.131. The maximum absolute atomic E-state index is 12.5. The Bertz CT molecular complexity index is 759. The number of carbonyl (C=O) groups excluding carboxylic acids is 1. The number of imidazole rings is 1. The number of amides is 1. The van der Waals surface area contributed by atoms with E-state index in [2.05, 4.69) is 16.5 Å². The first kappa shape index (κ1) is 15.5. The molecule has 0 fully saturated rings. The molecule has 0 aliphatic heterocycles. The van der Waals surface area contributed by atoms with Gasteiger partial charge in [0, 0.05) is 24.3 Å². The summed E-state index contributed by atoms with van der Waals surface area (Å²) in [5.74, 6) is 0.980. The Morgan fingerprint density at radius 2 is 2.17 bits per heavy atom. The molecule has 0 atom stereocenters. The van der Waals surface area contributed by atoms with E-state index in [-0.39, 0.29) is 5.91 Å². The Kier molecular flexibility index (Phi) is 4.88. The smallest absolute Gasteiger partial charge is 0.223 e. The highest BCUT2D eigenvalue weighted by Gasteiger charge is 2.14. The van der Waals surface area contributed by atoms with Crippen LogP contribution in [0.5, 0.6) is 0 Å². The van der Waals surface area contributed by atoms with Crippen molar-refractivity contribution in [3.63, 3.8) is 0 Å². The van der Waals surface area contributed by atoms with E-state index in [0.717, 1.165) is 16.9 Å². The van der Waals surface area contributed by atoms with Gasteiger partial charge in [-0.3, -0.25) is 4.79 Å². The molecule has 0 unspecified atom stereocenters. The topological polar surface area (TPSA) is 49.0 Å². The lowest BCUT2D eigenvalue weighted by atomic mass is 10.2. The van der Waals surface area contributed by atoms with Gasteiger partial charge in [-0.15, -0.1) is 17.9 Å².